The molecule has 0 fully saturated rings. The van der Waals surface area contributed by atoms with E-state index in [1.54, 1.807) is 25.3 Å². The van der Waals surface area contributed by atoms with Crippen molar-refractivity contribution >= 4 is 23.1 Å². The van der Waals surface area contributed by atoms with Gasteiger partial charge in [0.25, 0.3) is 0 Å². The Balaban J connectivity index is 2.23. The molecule has 84 valence electrons. The molecule has 5 heteroatoms. The molecule has 0 bridgehead atoms. The van der Waals surface area contributed by atoms with Crippen LogP contribution in [0.5, 0.6) is 0 Å². The summed E-state index contributed by atoms with van der Waals surface area (Å²) in [5.74, 6) is -0.321. The maximum absolute atomic E-state index is 13.6. The van der Waals surface area contributed by atoms with Gasteiger partial charge in [0.05, 0.1) is 11.0 Å². The highest BCUT2D eigenvalue weighted by Crippen LogP contribution is 2.32. The molecule has 16 heavy (non-hydrogen) atoms. The molecule has 1 aromatic heterocycles. The van der Waals surface area contributed by atoms with Crippen LogP contribution in [-0.4, -0.2) is 10.1 Å². The molecule has 0 unspecified atom stereocenters. The van der Waals surface area contributed by atoms with E-state index in [1.165, 1.54) is 29.2 Å². The number of hydrogen-bond donors (Lipinski definition) is 1. The maximum Gasteiger partial charge on any atom is 0.154 e. The quantitative estimate of drug-likeness (QED) is 0.911. The topological polar surface area (TPSA) is 33.1 Å². The van der Waals surface area contributed by atoms with Crippen LogP contribution in [0.4, 0.5) is 4.39 Å². The Bertz CT molecular complexity index is 471. The van der Waals surface area contributed by atoms with Crippen LogP contribution in [0.1, 0.15) is 18.6 Å². The molecule has 0 aliphatic rings. The number of aliphatic hydroxyl groups excluding tert-OH is 1. The number of thiazole rings is 1. The highest BCUT2D eigenvalue weighted by atomic mass is 32.2. The van der Waals surface area contributed by atoms with E-state index in [2.05, 4.69) is 4.98 Å². The van der Waals surface area contributed by atoms with Gasteiger partial charge in [-0.2, -0.15) is 0 Å². The predicted octanol–water partition coefficient (Wildman–Crippen LogP) is 3.49. The van der Waals surface area contributed by atoms with Gasteiger partial charge >= 0.3 is 0 Å². The lowest BCUT2D eigenvalue weighted by atomic mass is 10.1. The third kappa shape index (κ3) is 2.61. The largest absolute Gasteiger partial charge is 0.389 e. The Hall–Kier alpha value is -0.910. The number of halogens is 1. The zero-order valence-corrected chi connectivity index (χ0v) is 10.2. The first kappa shape index (κ1) is 11.6. The van der Waals surface area contributed by atoms with Gasteiger partial charge in [0.1, 0.15) is 5.82 Å². The summed E-state index contributed by atoms with van der Waals surface area (Å²) in [7, 11) is 0. The Morgan fingerprint density at radius 2 is 2.31 bits per heavy atom. The molecule has 0 aliphatic carbocycles. The maximum atomic E-state index is 13.6. The summed E-state index contributed by atoms with van der Waals surface area (Å²) in [5.41, 5.74) is 0.584. The molecule has 2 nitrogen and oxygen atoms in total. The van der Waals surface area contributed by atoms with E-state index in [9.17, 15) is 9.50 Å². The summed E-state index contributed by atoms with van der Waals surface area (Å²) in [6.07, 6.45) is 1.04. The Labute approximate surface area is 101 Å². The molecule has 2 rings (SSSR count). The first-order chi connectivity index (χ1) is 7.66. The monoisotopic (exact) mass is 255 g/mol. The van der Waals surface area contributed by atoms with Crippen LogP contribution in [0.25, 0.3) is 0 Å². The van der Waals surface area contributed by atoms with Crippen LogP contribution in [0, 0.1) is 5.82 Å². The number of rotatable bonds is 3. The smallest absolute Gasteiger partial charge is 0.154 e. The number of aromatic nitrogens is 1. The molecule has 1 N–H and O–H groups in total. The summed E-state index contributed by atoms with van der Waals surface area (Å²) in [5, 5.41) is 11.2. The van der Waals surface area contributed by atoms with Crippen LogP contribution in [0.3, 0.4) is 0 Å². The fraction of sp³-hybridized carbons (Fsp3) is 0.182. The van der Waals surface area contributed by atoms with Crippen molar-refractivity contribution in [3.05, 3.63) is 41.2 Å². The Morgan fingerprint density at radius 1 is 1.50 bits per heavy atom. The fourth-order valence-electron chi connectivity index (χ4n) is 1.21. The average molecular weight is 255 g/mol. The summed E-state index contributed by atoms with van der Waals surface area (Å²) in [4.78, 5) is 4.60. The van der Waals surface area contributed by atoms with Gasteiger partial charge in [-0.1, -0.05) is 17.8 Å². The van der Waals surface area contributed by atoms with E-state index in [0.29, 0.717) is 10.5 Å². The summed E-state index contributed by atoms with van der Waals surface area (Å²) in [6, 6.07) is 4.76. The first-order valence-corrected chi connectivity index (χ1v) is 6.41. The normalized spacial score (nSPS) is 12.7. The lowest BCUT2D eigenvalue weighted by Gasteiger charge is -2.06. The number of aliphatic hydroxyl groups is 1. The minimum atomic E-state index is -0.645. The van der Waals surface area contributed by atoms with Crippen LogP contribution in [0.15, 0.2) is 39.0 Å². The molecule has 1 heterocycles. The van der Waals surface area contributed by atoms with E-state index in [-0.39, 0.29) is 5.82 Å². The van der Waals surface area contributed by atoms with Gasteiger partial charge in [-0.25, -0.2) is 9.37 Å². The molecule has 0 spiro atoms. The van der Waals surface area contributed by atoms with Crippen LogP contribution >= 0.6 is 23.1 Å². The summed E-state index contributed by atoms with van der Waals surface area (Å²) in [6.45, 7) is 1.61. The Kier molecular flexibility index (Phi) is 3.58. The minimum Gasteiger partial charge on any atom is -0.389 e. The van der Waals surface area contributed by atoms with Crippen molar-refractivity contribution < 1.29 is 9.50 Å². The van der Waals surface area contributed by atoms with Crippen molar-refractivity contribution in [2.45, 2.75) is 22.3 Å². The minimum absolute atomic E-state index is 0.321. The van der Waals surface area contributed by atoms with Gasteiger partial charge in [0.2, 0.25) is 0 Å². The van der Waals surface area contributed by atoms with Gasteiger partial charge in [0.15, 0.2) is 4.34 Å². The molecule has 2 aromatic rings. The fourth-order valence-corrected chi connectivity index (χ4v) is 2.80. The van der Waals surface area contributed by atoms with Crippen LogP contribution < -0.4 is 0 Å². The second-order valence-electron chi connectivity index (χ2n) is 3.27. The zero-order valence-electron chi connectivity index (χ0n) is 8.55. The van der Waals surface area contributed by atoms with Gasteiger partial charge in [-0.3, -0.25) is 0 Å². The molecular weight excluding hydrogens is 245 g/mol. The molecule has 1 atom stereocenters. The predicted molar refractivity (Wildman–Crippen MR) is 63.3 cm³/mol. The molecule has 0 amide bonds. The first-order valence-electron chi connectivity index (χ1n) is 4.71. The van der Waals surface area contributed by atoms with E-state index in [0.717, 1.165) is 4.34 Å². The summed E-state index contributed by atoms with van der Waals surface area (Å²) < 4.78 is 14.5. The van der Waals surface area contributed by atoms with E-state index in [4.69, 9.17) is 0 Å². The lowest BCUT2D eigenvalue weighted by Crippen LogP contribution is -1.92. The van der Waals surface area contributed by atoms with Crippen LogP contribution in [-0.2, 0) is 0 Å². The van der Waals surface area contributed by atoms with Crippen molar-refractivity contribution in [2.24, 2.45) is 0 Å². The highest BCUT2D eigenvalue weighted by Gasteiger charge is 2.09. The van der Waals surface area contributed by atoms with Gasteiger partial charge in [-0.05, 0) is 24.6 Å². The van der Waals surface area contributed by atoms with Crippen molar-refractivity contribution in [3.63, 3.8) is 0 Å². The second kappa shape index (κ2) is 4.95. The van der Waals surface area contributed by atoms with Gasteiger partial charge in [0, 0.05) is 11.6 Å². The zero-order chi connectivity index (χ0) is 11.5. The molecular formula is C11H10FNOS2. The lowest BCUT2D eigenvalue weighted by molar-refractivity contribution is 0.198. The molecule has 0 saturated carbocycles. The van der Waals surface area contributed by atoms with Crippen molar-refractivity contribution in [1.29, 1.82) is 0 Å². The van der Waals surface area contributed by atoms with E-state index >= 15 is 0 Å². The average Bonchev–Trinajstić information content (AvgIpc) is 2.73. The van der Waals surface area contributed by atoms with Crippen LogP contribution in [0.2, 0.25) is 0 Å². The van der Waals surface area contributed by atoms with Gasteiger partial charge < -0.3 is 5.11 Å². The molecule has 1 aromatic carbocycles. The SMILES string of the molecule is C[C@@H](O)c1ccc(Sc2nccs2)c(F)c1. The van der Waals surface area contributed by atoms with E-state index < -0.39 is 6.10 Å². The van der Waals surface area contributed by atoms with Crippen molar-refractivity contribution in [1.82, 2.24) is 4.98 Å². The Morgan fingerprint density at radius 3 is 2.88 bits per heavy atom. The van der Waals surface area contributed by atoms with Crippen molar-refractivity contribution in [3.8, 4) is 0 Å². The highest BCUT2D eigenvalue weighted by molar-refractivity contribution is 8.01. The number of hydrogen-bond acceptors (Lipinski definition) is 4. The molecule has 0 aliphatic heterocycles. The third-order valence-electron chi connectivity index (χ3n) is 2.05. The number of nitrogens with zero attached hydrogens (tertiary/aromatic N) is 1. The van der Waals surface area contributed by atoms with E-state index in [1.807, 2.05) is 5.38 Å². The summed E-state index contributed by atoms with van der Waals surface area (Å²) >= 11 is 2.76. The molecule has 0 radical (unpaired) electrons. The third-order valence-corrected chi connectivity index (χ3v) is 3.98. The van der Waals surface area contributed by atoms with Gasteiger partial charge in [-0.15, -0.1) is 11.3 Å². The standard InChI is InChI=1S/C11H10FNOS2/c1-7(14)8-2-3-10(9(12)6-8)16-11-13-4-5-15-11/h2-7,14H,1H3/t7-/m1/s1. The molecule has 0 saturated heterocycles. The van der Waals surface area contributed by atoms with Crippen molar-refractivity contribution in [2.75, 3.05) is 0 Å². The number of benzene rings is 1. The second-order valence-corrected chi connectivity index (χ2v) is 5.45.